The zero-order valence-electron chi connectivity index (χ0n) is 15.2. The number of amides is 1. The highest BCUT2D eigenvalue weighted by atomic mass is 16.5. The number of carbonyl (C=O) groups is 2. The van der Waals surface area contributed by atoms with E-state index in [9.17, 15) is 9.59 Å². The lowest BCUT2D eigenvalue weighted by Crippen LogP contribution is -2.24. The van der Waals surface area contributed by atoms with Gasteiger partial charge in [0, 0.05) is 23.9 Å². The highest BCUT2D eigenvalue weighted by molar-refractivity contribution is 5.95. The average Bonchev–Trinajstić information content (AvgIpc) is 2.59. The quantitative estimate of drug-likeness (QED) is 0.562. The molecular weight excluding hydrogens is 318 g/mol. The van der Waals surface area contributed by atoms with Crippen LogP contribution in [-0.4, -0.2) is 23.4 Å². The number of esters is 1. The Hall–Kier alpha value is -2.56. The molecule has 5 nitrogen and oxygen atoms in total. The third-order valence-electron chi connectivity index (χ3n) is 4.20. The lowest BCUT2D eigenvalue weighted by atomic mass is 9.79. The van der Waals surface area contributed by atoms with Crippen molar-refractivity contribution in [3.05, 3.63) is 59.9 Å². The van der Waals surface area contributed by atoms with Gasteiger partial charge in [-0.15, -0.1) is 0 Å². The molecule has 0 N–H and O–H groups in total. The molecule has 0 spiro atoms. The van der Waals surface area contributed by atoms with Crippen LogP contribution in [0.4, 0.5) is 0 Å². The first-order chi connectivity index (χ1) is 11.9. The van der Waals surface area contributed by atoms with Crippen LogP contribution in [0.15, 0.2) is 59.9 Å². The van der Waals surface area contributed by atoms with Gasteiger partial charge in [0.25, 0.3) is 5.91 Å². The highest BCUT2D eigenvalue weighted by Crippen LogP contribution is 2.37. The van der Waals surface area contributed by atoms with E-state index in [0.29, 0.717) is 17.6 Å². The molecule has 2 aliphatic rings. The van der Waals surface area contributed by atoms with E-state index in [1.165, 1.54) is 23.4 Å². The van der Waals surface area contributed by atoms with Gasteiger partial charge in [0.2, 0.25) is 0 Å². The Bertz CT molecular complexity index is 680. The summed E-state index contributed by atoms with van der Waals surface area (Å²) < 4.78 is 10.5. The van der Waals surface area contributed by atoms with Crippen LogP contribution < -0.4 is 0 Å². The molecule has 134 valence electrons. The van der Waals surface area contributed by atoms with Crippen molar-refractivity contribution in [3.63, 3.8) is 0 Å². The fourth-order valence-corrected chi connectivity index (χ4v) is 2.93. The minimum absolute atomic E-state index is 0.274. The summed E-state index contributed by atoms with van der Waals surface area (Å²) in [6.45, 7) is 8.40. The van der Waals surface area contributed by atoms with Crippen molar-refractivity contribution in [2.45, 2.75) is 34.1 Å². The zero-order chi connectivity index (χ0) is 18.4. The molecule has 0 saturated carbocycles. The molecule has 0 saturated heterocycles. The van der Waals surface area contributed by atoms with Crippen LogP contribution >= 0.6 is 0 Å². The predicted molar refractivity (Wildman–Crippen MR) is 95.7 cm³/mol. The molecule has 1 aliphatic carbocycles. The number of ether oxygens (including phenoxy) is 2. The fraction of sp³-hybridized carbons (Fsp3) is 0.400. The molecule has 25 heavy (non-hydrogen) atoms. The van der Waals surface area contributed by atoms with E-state index in [1.54, 1.807) is 13.1 Å². The molecule has 1 heterocycles. The van der Waals surface area contributed by atoms with Crippen LogP contribution in [0.2, 0.25) is 0 Å². The molecule has 0 fully saturated rings. The Kier molecular flexibility index (Phi) is 6.39. The standard InChI is InChI=1S/C20H25NO4/c1-5-24-19(23)10-9-18(22)21-11-12-25-17(13-21)20-15(4)7-6-8-16(20)14(2)3/h6-7,9-14,16H,5,8H2,1-4H3/b10-9+. The third-order valence-corrected chi connectivity index (χ3v) is 4.20. The van der Waals surface area contributed by atoms with Gasteiger partial charge in [-0.25, -0.2) is 4.79 Å². The van der Waals surface area contributed by atoms with Crippen molar-refractivity contribution in [1.29, 1.82) is 0 Å². The Morgan fingerprint density at radius 1 is 1.40 bits per heavy atom. The van der Waals surface area contributed by atoms with E-state index in [2.05, 4.69) is 32.9 Å². The van der Waals surface area contributed by atoms with Crippen LogP contribution in [0.1, 0.15) is 34.1 Å². The monoisotopic (exact) mass is 343 g/mol. The summed E-state index contributed by atoms with van der Waals surface area (Å²) in [6, 6.07) is 0. The van der Waals surface area contributed by atoms with Gasteiger partial charge in [-0.3, -0.25) is 9.69 Å². The minimum atomic E-state index is -0.534. The van der Waals surface area contributed by atoms with Crippen molar-refractivity contribution in [1.82, 2.24) is 4.90 Å². The Balaban J connectivity index is 2.21. The zero-order valence-corrected chi connectivity index (χ0v) is 15.2. The van der Waals surface area contributed by atoms with Crippen molar-refractivity contribution in [2.24, 2.45) is 11.8 Å². The van der Waals surface area contributed by atoms with Gasteiger partial charge in [0.1, 0.15) is 12.0 Å². The molecule has 1 amide bonds. The fourth-order valence-electron chi connectivity index (χ4n) is 2.93. The van der Waals surface area contributed by atoms with E-state index in [4.69, 9.17) is 9.47 Å². The number of nitrogens with zero attached hydrogens (tertiary/aromatic N) is 1. The second-order valence-electron chi connectivity index (χ2n) is 6.31. The van der Waals surface area contributed by atoms with E-state index in [1.807, 2.05) is 0 Å². The third kappa shape index (κ3) is 4.72. The van der Waals surface area contributed by atoms with Crippen LogP contribution in [0.25, 0.3) is 0 Å². The van der Waals surface area contributed by atoms with Crippen molar-refractivity contribution < 1.29 is 19.1 Å². The van der Waals surface area contributed by atoms with Crippen molar-refractivity contribution >= 4 is 11.9 Å². The summed E-state index contributed by atoms with van der Waals surface area (Å²) >= 11 is 0. The maximum absolute atomic E-state index is 12.3. The summed E-state index contributed by atoms with van der Waals surface area (Å²) in [4.78, 5) is 25.0. The molecule has 0 aromatic rings. The Morgan fingerprint density at radius 2 is 2.16 bits per heavy atom. The first-order valence-corrected chi connectivity index (χ1v) is 8.54. The van der Waals surface area contributed by atoms with E-state index >= 15 is 0 Å². The summed E-state index contributed by atoms with van der Waals surface area (Å²) in [5.74, 6) is 0.595. The van der Waals surface area contributed by atoms with Gasteiger partial charge >= 0.3 is 5.97 Å². The first kappa shape index (κ1) is 18.8. The van der Waals surface area contributed by atoms with Crippen LogP contribution in [0.5, 0.6) is 0 Å². The van der Waals surface area contributed by atoms with Gasteiger partial charge in [-0.1, -0.05) is 26.0 Å². The average molecular weight is 343 g/mol. The molecule has 1 atom stereocenters. The highest BCUT2D eigenvalue weighted by Gasteiger charge is 2.27. The van der Waals surface area contributed by atoms with Crippen molar-refractivity contribution in [3.8, 4) is 0 Å². The molecule has 5 heteroatoms. The number of allylic oxidation sites excluding steroid dienone is 4. The van der Waals surface area contributed by atoms with Crippen LogP contribution in [0, 0.1) is 11.8 Å². The maximum atomic E-state index is 12.3. The molecule has 1 unspecified atom stereocenters. The van der Waals surface area contributed by atoms with Crippen molar-refractivity contribution in [2.75, 3.05) is 6.61 Å². The summed E-state index contributed by atoms with van der Waals surface area (Å²) in [5.41, 5.74) is 2.26. The second kappa shape index (κ2) is 8.51. The van der Waals surface area contributed by atoms with Gasteiger partial charge < -0.3 is 9.47 Å². The largest absolute Gasteiger partial charge is 0.463 e. The lowest BCUT2D eigenvalue weighted by Gasteiger charge is -2.30. The summed E-state index contributed by atoms with van der Waals surface area (Å²) in [5, 5.41) is 0. The van der Waals surface area contributed by atoms with Gasteiger partial charge in [-0.2, -0.15) is 0 Å². The molecule has 0 radical (unpaired) electrons. The molecular formula is C20H25NO4. The minimum Gasteiger partial charge on any atom is -0.463 e. The smallest absolute Gasteiger partial charge is 0.330 e. The first-order valence-electron chi connectivity index (χ1n) is 8.54. The summed E-state index contributed by atoms with van der Waals surface area (Å²) in [7, 11) is 0. The number of hydrogen-bond acceptors (Lipinski definition) is 4. The maximum Gasteiger partial charge on any atom is 0.330 e. The van der Waals surface area contributed by atoms with Crippen LogP contribution in [-0.2, 0) is 19.1 Å². The van der Waals surface area contributed by atoms with Gasteiger partial charge in [0.05, 0.1) is 12.8 Å². The van der Waals surface area contributed by atoms with Crippen LogP contribution in [0.3, 0.4) is 0 Å². The normalized spacial score (nSPS) is 20.1. The van der Waals surface area contributed by atoms with Gasteiger partial charge in [-0.05, 0) is 37.7 Å². The van der Waals surface area contributed by atoms with E-state index in [-0.39, 0.29) is 12.5 Å². The summed E-state index contributed by atoms with van der Waals surface area (Å²) in [6.07, 6.45) is 12.2. The SMILES string of the molecule is CCOC(=O)/C=C/C(=O)N1C=COC(C2=C(C)C=CCC2C(C)C)=C1. The van der Waals surface area contributed by atoms with E-state index in [0.717, 1.165) is 23.6 Å². The molecule has 0 aromatic heterocycles. The Morgan fingerprint density at radius 3 is 2.84 bits per heavy atom. The number of hydrogen-bond donors (Lipinski definition) is 0. The Labute approximate surface area is 149 Å². The topological polar surface area (TPSA) is 55.8 Å². The predicted octanol–water partition coefficient (Wildman–Crippen LogP) is 3.83. The second-order valence-corrected chi connectivity index (χ2v) is 6.31. The molecule has 1 aliphatic heterocycles. The number of carbonyl (C=O) groups excluding carboxylic acids is 2. The van der Waals surface area contributed by atoms with Gasteiger partial charge in [0.15, 0.2) is 0 Å². The molecule has 0 bridgehead atoms. The number of rotatable bonds is 5. The van der Waals surface area contributed by atoms with E-state index < -0.39 is 5.97 Å². The molecule has 0 aromatic carbocycles. The molecule has 2 rings (SSSR count). The lowest BCUT2D eigenvalue weighted by molar-refractivity contribution is -0.137.